The van der Waals surface area contributed by atoms with E-state index in [1.807, 2.05) is 6.92 Å². The summed E-state index contributed by atoms with van der Waals surface area (Å²) in [6, 6.07) is 0.763. The molecule has 3 unspecified atom stereocenters. The van der Waals surface area contributed by atoms with Crippen molar-refractivity contribution in [3.8, 4) is 0 Å². The minimum atomic E-state index is -2.58. The van der Waals surface area contributed by atoms with E-state index in [9.17, 15) is 0 Å². The van der Waals surface area contributed by atoms with E-state index in [0.717, 1.165) is 25.9 Å². The number of hydrogen-bond acceptors (Lipinski definition) is 6. The molecule has 7 heteroatoms. The van der Waals surface area contributed by atoms with E-state index in [2.05, 4.69) is 0 Å². The Kier molecular flexibility index (Phi) is 3.99. The third-order valence-electron chi connectivity index (χ3n) is 3.11. The van der Waals surface area contributed by atoms with Gasteiger partial charge in [0, 0.05) is 6.04 Å². The number of ether oxygens (including phenoxy) is 3. The second-order valence-corrected chi connectivity index (χ2v) is 7.77. The average molecular weight is 276 g/mol. The third kappa shape index (κ3) is 3.99. The van der Waals surface area contributed by atoms with Crippen LogP contribution in [-0.2, 0) is 27.5 Å². The Bertz CT molecular complexity index is 236. The molecule has 0 aromatic heterocycles. The van der Waals surface area contributed by atoms with Gasteiger partial charge in [-0.3, -0.25) is 0 Å². The zero-order valence-corrected chi connectivity index (χ0v) is 11.6. The highest BCUT2D eigenvalue weighted by molar-refractivity contribution is 6.60. The van der Waals surface area contributed by atoms with Crippen molar-refractivity contribution in [1.82, 2.24) is 0 Å². The summed E-state index contributed by atoms with van der Waals surface area (Å²) in [6.45, 7) is 6.09. The van der Waals surface area contributed by atoms with Gasteiger partial charge in [0.2, 0.25) is 0 Å². The van der Waals surface area contributed by atoms with Crippen LogP contribution >= 0.6 is 0 Å². The average Bonchev–Trinajstić information content (AvgIpc) is 3.26. The number of rotatable bonds is 10. The maximum atomic E-state index is 5.92. The minimum Gasteiger partial charge on any atom is -0.371 e. The molecule has 0 bridgehead atoms. The van der Waals surface area contributed by atoms with Crippen LogP contribution in [-0.4, -0.2) is 66.8 Å². The number of hydrogen-bond donors (Lipinski definition) is 0. The Morgan fingerprint density at radius 2 is 1.17 bits per heavy atom. The maximum absolute atomic E-state index is 5.92. The SMILES string of the molecule is CC[Si](OCC1CO1)(OCC1CO1)OCC1CO1. The van der Waals surface area contributed by atoms with Crippen LogP contribution in [0.1, 0.15) is 6.92 Å². The van der Waals surface area contributed by atoms with Gasteiger partial charge < -0.3 is 27.5 Å². The molecule has 18 heavy (non-hydrogen) atoms. The van der Waals surface area contributed by atoms with Gasteiger partial charge in [0.25, 0.3) is 0 Å². The van der Waals surface area contributed by atoms with E-state index in [1.165, 1.54) is 0 Å². The summed E-state index contributed by atoms with van der Waals surface area (Å²) >= 11 is 0. The number of epoxide rings is 3. The minimum absolute atomic E-state index is 0.227. The van der Waals surface area contributed by atoms with Gasteiger partial charge in [0.05, 0.1) is 39.6 Å². The second-order valence-electron chi connectivity index (χ2n) is 4.84. The quantitative estimate of drug-likeness (QED) is 0.419. The predicted octanol–water partition coefficient (Wildman–Crippen LogP) is 0.191. The summed E-state index contributed by atoms with van der Waals surface area (Å²) in [7, 11) is -2.58. The molecular weight excluding hydrogens is 256 g/mol. The molecule has 3 atom stereocenters. The highest BCUT2D eigenvalue weighted by atomic mass is 28.4. The first-order valence-electron chi connectivity index (χ1n) is 6.56. The van der Waals surface area contributed by atoms with Crippen molar-refractivity contribution in [3.05, 3.63) is 0 Å². The third-order valence-corrected chi connectivity index (χ3v) is 5.79. The van der Waals surface area contributed by atoms with Gasteiger partial charge in [-0.05, 0) is 0 Å². The standard InChI is InChI=1S/C11H20O6Si/c1-2-18(15-6-9-3-12-9,16-7-10-4-13-10)17-8-11-5-14-11/h9-11H,2-8H2,1H3. The lowest BCUT2D eigenvalue weighted by molar-refractivity contribution is 0.0461. The van der Waals surface area contributed by atoms with E-state index in [0.29, 0.717) is 19.8 Å². The molecule has 3 saturated heterocycles. The van der Waals surface area contributed by atoms with E-state index in [1.54, 1.807) is 0 Å². The van der Waals surface area contributed by atoms with Gasteiger partial charge in [-0.2, -0.15) is 0 Å². The fourth-order valence-electron chi connectivity index (χ4n) is 1.58. The van der Waals surface area contributed by atoms with Crippen LogP contribution in [0.3, 0.4) is 0 Å². The monoisotopic (exact) mass is 276 g/mol. The van der Waals surface area contributed by atoms with Crippen molar-refractivity contribution in [2.45, 2.75) is 31.3 Å². The Hall–Kier alpha value is -0.0231. The Labute approximate surface area is 108 Å². The van der Waals surface area contributed by atoms with Gasteiger partial charge >= 0.3 is 8.80 Å². The summed E-state index contributed by atoms with van der Waals surface area (Å²) in [5.74, 6) is 0. The van der Waals surface area contributed by atoms with Gasteiger partial charge in [-0.25, -0.2) is 0 Å². The van der Waals surface area contributed by atoms with E-state index in [-0.39, 0.29) is 18.3 Å². The van der Waals surface area contributed by atoms with Gasteiger partial charge in [0.1, 0.15) is 18.3 Å². The lowest BCUT2D eigenvalue weighted by Crippen LogP contribution is -2.47. The summed E-state index contributed by atoms with van der Waals surface area (Å²) in [6.07, 6.45) is 0.680. The molecule has 0 aromatic rings. The van der Waals surface area contributed by atoms with Crippen LogP contribution in [0.15, 0.2) is 0 Å². The molecule has 0 N–H and O–H groups in total. The molecule has 0 spiro atoms. The van der Waals surface area contributed by atoms with Crippen molar-refractivity contribution in [1.29, 1.82) is 0 Å². The highest BCUT2D eigenvalue weighted by Gasteiger charge is 2.44. The first kappa shape index (κ1) is 13.0. The summed E-state index contributed by atoms with van der Waals surface area (Å²) < 4.78 is 33.2. The summed E-state index contributed by atoms with van der Waals surface area (Å²) in [5, 5.41) is 0. The van der Waals surface area contributed by atoms with Gasteiger partial charge in [-0.15, -0.1) is 0 Å². The molecule has 0 saturated carbocycles. The van der Waals surface area contributed by atoms with E-state index >= 15 is 0 Å². The molecular formula is C11H20O6Si. The van der Waals surface area contributed by atoms with Crippen molar-refractivity contribution in [2.75, 3.05) is 39.6 Å². The van der Waals surface area contributed by atoms with Crippen LogP contribution in [0.5, 0.6) is 0 Å². The first-order valence-corrected chi connectivity index (χ1v) is 8.49. The zero-order valence-electron chi connectivity index (χ0n) is 10.6. The van der Waals surface area contributed by atoms with Crippen molar-refractivity contribution < 1.29 is 27.5 Å². The van der Waals surface area contributed by atoms with Gasteiger partial charge in [-0.1, -0.05) is 6.92 Å². The molecule has 6 nitrogen and oxygen atoms in total. The van der Waals surface area contributed by atoms with Crippen LogP contribution < -0.4 is 0 Å². The molecule has 3 heterocycles. The molecule has 0 aromatic carbocycles. The fraction of sp³-hybridized carbons (Fsp3) is 1.00. The molecule has 0 aliphatic carbocycles. The molecule has 3 rings (SSSR count). The Morgan fingerprint density at radius 1 is 0.833 bits per heavy atom. The molecule has 0 radical (unpaired) electrons. The lowest BCUT2D eigenvalue weighted by Gasteiger charge is -2.28. The zero-order chi connectivity index (χ0) is 12.4. The molecule has 3 aliphatic heterocycles. The second kappa shape index (κ2) is 5.54. The Balaban J connectivity index is 1.49. The molecule has 3 aliphatic rings. The first-order chi connectivity index (χ1) is 8.80. The normalized spacial score (nSPS) is 36.2. The summed E-state index contributed by atoms with van der Waals surface area (Å²) in [4.78, 5) is 0. The molecule has 3 fully saturated rings. The van der Waals surface area contributed by atoms with Crippen LogP contribution in [0, 0.1) is 0 Å². The maximum Gasteiger partial charge on any atom is 0.500 e. The topological polar surface area (TPSA) is 65.3 Å². The fourth-order valence-corrected chi connectivity index (χ4v) is 3.77. The smallest absolute Gasteiger partial charge is 0.371 e. The summed E-state index contributed by atoms with van der Waals surface area (Å²) in [5.41, 5.74) is 0. The van der Waals surface area contributed by atoms with Crippen molar-refractivity contribution in [3.63, 3.8) is 0 Å². The molecule has 0 amide bonds. The van der Waals surface area contributed by atoms with Crippen LogP contribution in [0.2, 0.25) is 6.04 Å². The molecule has 104 valence electrons. The van der Waals surface area contributed by atoms with E-state index in [4.69, 9.17) is 27.5 Å². The van der Waals surface area contributed by atoms with Crippen LogP contribution in [0.25, 0.3) is 0 Å². The van der Waals surface area contributed by atoms with Crippen molar-refractivity contribution in [2.24, 2.45) is 0 Å². The Morgan fingerprint density at radius 3 is 1.39 bits per heavy atom. The lowest BCUT2D eigenvalue weighted by atomic mass is 10.5. The van der Waals surface area contributed by atoms with E-state index < -0.39 is 8.80 Å². The van der Waals surface area contributed by atoms with Gasteiger partial charge in [0.15, 0.2) is 0 Å². The predicted molar refractivity (Wildman–Crippen MR) is 63.3 cm³/mol. The highest BCUT2D eigenvalue weighted by Crippen LogP contribution is 2.23. The van der Waals surface area contributed by atoms with Crippen molar-refractivity contribution >= 4 is 8.80 Å². The van der Waals surface area contributed by atoms with Crippen LogP contribution in [0.4, 0.5) is 0 Å². The largest absolute Gasteiger partial charge is 0.500 e.